The highest BCUT2D eigenvalue weighted by atomic mass is 32.2. The number of aliphatic imine (C=N–C) groups is 1. The predicted octanol–water partition coefficient (Wildman–Crippen LogP) is 3.32. The zero-order valence-corrected chi connectivity index (χ0v) is 21.4. The molecule has 190 valence electrons. The molecule has 2 heterocycles. The Kier molecular flexibility index (Phi) is 8.63. The van der Waals surface area contributed by atoms with Gasteiger partial charge in [-0.2, -0.15) is 0 Å². The Hall–Kier alpha value is -3.34. The largest absolute Gasteiger partial charge is 0.454 e. The zero-order valence-electron chi connectivity index (χ0n) is 20.6. The molecular weight excluding hydrogens is 482 g/mol. The van der Waals surface area contributed by atoms with Gasteiger partial charge in [-0.25, -0.2) is 4.99 Å². The molecule has 10 heteroatoms. The molecule has 0 saturated heterocycles. The molecule has 0 spiro atoms. The summed E-state index contributed by atoms with van der Waals surface area (Å²) in [6.07, 6.45) is 1.71. The van der Waals surface area contributed by atoms with Gasteiger partial charge in [0.1, 0.15) is 5.70 Å². The summed E-state index contributed by atoms with van der Waals surface area (Å²) >= 11 is 1.23. The van der Waals surface area contributed by atoms with Gasteiger partial charge in [-0.3, -0.25) is 14.5 Å². The summed E-state index contributed by atoms with van der Waals surface area (Å²) in [6, 6.07) is 13.1. The fourth-order valence-corrected chi connectivity index (χ4v) is 4.57. The third-order valence-electron chi connectivity index (χ3n) is 5.63. The van der Waals surface area contributed by atoms with Gasteiger partial charge < -0.3 is 23.8 Å². The average molecular weight is 512 g/mol. The third-order valence-corrected chi connectivity index (χ3v) is 6.55. The Morgan fingerprint density at radius 1 is 1.08 bits per heavy atom. The lowest BCUT2D eigenvalue weighted by molar-refractivity contribution is -0.129. The van der Waals surface area contributed by atoms with Crippen LogP contribution in [0.1, 0.15) is 11.1 Å². The van der Waals surface area contributed by atoms with Crippen LogP contribution < -0.4 is 14.4 Å². The molecule has 0 radical (unpaired) electrons. The molecule has 9 nitrogen and oxygen atoms in total. The van der Waals surface area contributed by atoms with E-state index in [1.807, 2.05) is 43.3 Å². The molecule has 4 rings (SSSR count). The number of amidine groups is 1. The van der Waals surface area contributed by atoms with Crippen molar-refractivity contribution in [2.75, 3.05) is 58.0 Å². The molecule has 2 aromatic rings. The minimum atomic E-state index is -0.262. The van der Waals surface area contributed by atoms with Crippen LogP contribution in [-0.4, -0.2) is 75.0 Å². The molecule has 0 aromatic heterocycles. The molecule has 0 atom stereocenters. The van der Waals surface area contributed by atoms with Crippen LogP contribution in [0, 0.1) is 6.92 Å². The first-order valence-electron chi connectivity index (χ1n) is 11.5. The van der Waals surface area contributed by atoms with Crippen molar-refractivity contribution >= 4 is 40.5 Å². The number of carbonyl (C=O) groups is 2. The summed E-state index contributed by atoms with van der Waals surface area (Å²) in [5, 5.41) is 0.447. The van der Waals surface area contributed by atoms with E-state index in [1.54, 1.807) is 36.2 Å². The lowest BCUT2D eigenvalue weighted by Gasteiger charge is -2.23. The number of amides is 2. The highest BCUT2D eigenvalue weighted by molar-refractivity contribution is 8.14. The molecule has 0 N–H and O–H groups in total. The van der Waals surface area contributed by atoms with Crippen LogP contribution in [0.4, 0.5) is 5.69 Å². The normalized spacial score (nSPS) is 15.5. The number of rotatable bonds is 10. The van der Waals surface area contributed by atoms with E-state index < -0.39 is 0 Å². The van der Waals surface area contributed by atoms with Gasteiger partial charge in [0, 0.05) is 27.3 Å². The second-order valence-corrected chi connectivity index (χ2v) is 9.11. The van der Waals surface area contributed by atoms with Crippen LogP contribution in [0.25, 0.3) is 6.08 Å². The Morgan fingerprint density at radius 3 is 2.47 bits per heavy atom. The van der Waals surface area contributed by atoms with E-state index in [4.69, 9.17) is 18.9 Å². The Morgan fingerprint density at radius 2 is 1.78 bits per heavy atom. The Bertz CT molecular complexity index is 1160. The first kappa shape index (κ1) is 25.7. The molecule has 2 aromatic carbocycles. The SMILES string of the molecule is COCCN(CCOC)C(=O)CSC1=N/C(=C/c2ccc3c(c2)OCO3)C(=O)N1c1ccc(C)cc1. The number of fused-ring (bicyclic) bond motifs is 1. The standard InChI is InChI=1S/C26H29N3O6S/c1-18-4-7-20(8-5-18)29-25(31)21(14-19-6-9-22-23(15-19)35-17-34-22)27-26(29)36-16-24(30)28(10-12-32-2)11-13-33-3/h4-9,14-15H,10-13,16-17H2,1-3H3/b21-14+. The second kappa shape index (κ2) is 12.1. The molecule has 0 aliphatic carbocycles. The van der Waals surface area contributed by atoms with Crippen LogP contribution in [-0.2, 0) is 19.1 Å². The van der Waals surface area contributed by atoms with Crippen molar-refractivity contribution in [2.24, 2.45) is 4.99 Å². The number of benzene rings is 2. The van der Waals surface area contributed by atoms with Gasteiger partial charge in [0.25, 0.3) is 5.91 Å². The van der Waals surface area contributed by atoms with Crippen molar-refractivity contribution in [1.29, 1.82) is 0 Å². The third kappa shape index (κ3) is 6.07. The van der Waals surface area contributed by atoms with Gasteiger partial charge >= 0.3 is 0 Å². The van der Waals surface area contributed by atoms with Gasteiger partial charge in [-0.05, 0) is 42.8 Å². The van der Waals surface area contributed by atoms with E-state index in [1.165, 1.54) is 11.8 Å². The summed E-state index contributed by atoms with van der Waals surface area (Å²) < 4.78 is 21.1. The van der Waals surface area contributed by atoms with Crippen LogP contribution in [0.3, 0.4) is 0 Å². The first-order chi connectivity index (χ1) is 17.5. The van der Waals surface area contributed by atoms with Gasteiger partial charge in [0.15, 0.2) is 16.7 Å². The van der Waals surface area contributed by atoms with Gasteiger partial charge in [-0.15, -0.1) is 0 Å². The van der Waals surface area contributed by atoms with E-state index in [0.717, 1.165) is 11.1 Å². The molecular formula is C26H29N3O6S. The van der Waals surface area contributed by atoms with Crippen molar-refractivity contribution < 1.29 is 28.5 Å². The van der Waals surface area contributed by atoms with Crippen LogP contribution in [0.5, 0.6) is 11.5 Å². The van der Waals surface area contributed by atoms with Crippen LogP contribution in [0.2, 0.25) is 0 Å². The fraction of sp³-hybridized carbons (Fsp3) is 0.346. The average Bonchev–Trinajstić information content (AvgIpc) is 3.47. The van der Waals surface area contributed by atoms with E-state index in [2.05, 4.69) is 4.99 Å². The molecule has 2 amide bonds. The summed E-state index contributed by atoms with van der Waals surface area (Å²) in [5.74, 6) is 1.07. The lowest BCUT2D eigenvalue weighted by atomic mass is 10.1. The first-order valence-corrected chi connectivity index (χ1v) is 12.5. The minimum absolute atomic E-state index is 0.0821. The summed E-state index contributed by atoms with van der Waals surface area (Å²) in [7, 11) is 3.19. The number of anilines is 1. The van der Waals surface area contributed by atoms with Crippen molar-refractivity contribution in [3.05, 3.63) is 59.3 Å². The number of thioether (sulfide) groups is 1. The fourth-order valence-electron chi connectivity index (χ4n) is 3.66. The number of hydrogen-bond acceptors (Lipinski definition) is 8. The quantitative estimate of drug-likeness (QED) is 0.452. The summed E-state index contributed by atoms with van der Waals surface area (Å²) in [6.45, 7) is 3.93. The molecule has 0 unspecified atom stereocenters. The number of aryl methyl sites for hydroxylation is 1. The van der Waals surface area contributed by atoms with Crippen molar-refractivity contribution in [3.8, 4) is 11.5 Å². The maximum absolute atomic E-state index is 13.4. The Labute approximate surface area is 214 Å². The summed E-state index contributed by atoms with van der Waals surface area (Å²) in [4.78, 5) is 34.3. The lowest BCUT2D eigenvalue weighted by Crippen LogP contribution is -2.38. The maximum Gasteiger partial charge on any atom is 0.283 e. The van der Waals surface area contributed by atoms with E-state index in [0.29, 0.717) is 48.7 Å². The van der Waals surface area contributed by atoms with E-state index >= 15 is 0 Å². The van der Waals surface area contributed by atoms with Crippen LogP contribution in [0.15, 0.2) is 53.2 Å². The van der Waals surface area contributed by atoms with E-state index in [9.17, 15) is 9.59 Å². The number of nitrogens with zero attached hydrogens (tertiary/aromatic N) is 3. The smallest absolute Gasteiger partial charge is 0.283 e. The molecule has 2 aliphatic heterocycles. The van der Waals surface area contributed by atoms with Gasteiger partial charge in [0.05, 0.1) is 24.7 Å². The predicted molar refractivity (Wildman–Crippen MR) is 139 cm³/mol. The Balaban J connectivity index is 1.57. The number of methoxy groups -OCH3 is 2. The molecule has 0 fully saturated rings. The monoisotopic (exact) mass is 511 g/mol. The number of carbonyl (C=O) groups excluding carboxylic acids is 2. The molecule has 2 aliphatic rings. The van der Waals surface area contributed by atoms with Crippen molar-refractivity contribution in [3.63, 3.8) is 0 Å². The molecule has 0 bridgehead atoms. The summed E-state index contributed by atoms with van der Waals surface area (Å²) in [5.41, 5.74) is 2.81. The highest BCUT2D eigenvalue weighted by Crippen LogP contribution is 2.34. The van der Waals surface area contributed by atoms with Crippen molar-refractivity contribution in [1.82, 2.24) is 4.90 Å². The van der Waals surface area contributed by atoms with E-state index in [-0.39, 0.29) is 30.1 Å². The minimum Gasteiger partial charge on any atom is -0.454 e. The highest BCUT2D eigenvalue weighted by Gasteiger charge is 2.33. The van der Waals surface area contributed by atoms with Gasteiger partial charge in [-0.1, -0.05) is 35.5 Å². The molecule has 36 heavy (non-hydrogen) atoms. The van der Waals surface area contributed by atoms with Gasteiger partial charge in [0.2, 0.25) is 12.7 Å². The number of hydrogen-bond donors (Lipinski definition) is 0. The second-order valence-electron chi connectivity index (χ2n) is 8.17. The van der Waals surface area contributed by atoms with Crippen LogP contribution >= 0.6 is 11.8 Å². The maximum atomic E-state index is 13.4. The number of ether oxygens (including phenoxy) is 4. The topological polar surface area (TPSA) is 89.9 Å². The van der Waals surface area contributed by atoms with Crippen molar-refractivity contribution in [2.45, 2.75) is 6.92 Å². The molecule has 0 saturated carbocycles. The zero-order chi connectivity index (χ0) is 25.5.